The smallest absolute Gasteiger partial charge is 0.325 e. The number of amides is 3. The lowest BCUT2D eigenvalue weighted by molar-refractivity contribution is -0.149. The van der Waals surface area contributed by atoms with E-state index >= 15 is 0 Å². The summed E-state index contributed by atoms with van der Waals surface area (Å²) in [5.74, 6) is -2.35. The number of carboxylic acids is 1. The first-order chi connectivity index (χ1) is 9.61. The molecule has 6 nitrogen and oxygen atoms in total. The number of aliphatic carboxylic acids is 1. The molecule has 0 atom stereocenters. The molecule has 114 valence electrons. The molecule has 3 amide bonds. The van der Waals surface area contributed by atoms with E-state index in [2.05, 4.69) is 21.2 Å². The zero-order valence-corrected chi connectivity index (χ0v) is 13.0. The van der Waals surface area contributed by atoms with Crippen LogP contribution >= 0.6 is 15.9 Å². The van der Waals surface area contributed by atoms with E-state index in [9.17, 15) is 18.8 Å². The van der Waals surface area contributed by atoms with Crippen molar-refractivity contribution < 1.29 is 23.9 Å². The first-order valence-corrected chi connectivity index (χ1v) is 6.70. The minimum Gasteiger partial charge on any atom is -0.481 e. The standard InChI is InChI=1S/C13H14BrFN2O4/c1-13(2,11(19)20)6-10(18)17-12(21)16-7-3-4-9(15)8(14)5-7/h3-5H,6H2,1-2H3,(H,19,20)(H2,16,17,18,21). The Morgan fingerprint density at radius 3 is 2.48 bits per heavy atom. The summed E-state index contributed by atoms with van der Waals surface area (Å²) in [4.78, 5) is 34.0. The lowest BCUT2D eigenvalue weighted by atomic mass is 9.89. The maximum absolute atomic E-state index is 13.0. The summed E-state index contributed by atoms with van der Waals surface area (Å²) in [5, 5.41) is 13.2. The van der Waals surface area contributed by atoms with Gasteiger partial charge in [-0.05, 0) is 48.0 Å². The molecule has 0 aliphatic carbocycles. The van der Waals surface area contributed by atoms with Crippen LogP contribution in [0.25, 0.3) is 0 Å². The summed E-state index contributed by atoms with van der Waals surface area (Å²) in [6.07, 6.45) is -0.344. The van der Waals surface area contributed by atoms with E-state index in [0.717, 1.165) is 6.07 Å². The number of rotatable bonds is 4. The van der Waals surface area contributed by atoms with Crippen molar-refractivity contribution in [2.24, 2.45) is 5.41 Å². The molecule has 0 saturated heterocycles. The van der Waals surface area contributed by atoms with Gasteiger partial charge in [-0.1, -0.05) is 0 Å². The second kappa shape index (κ2) is 6.66. The van der Waals surface area contributed by atoms with Crippen LogP contribution in [0.3, 0.4) is 0 Å². The van der Waals surface area contributed by atoms with E-state index in [4.69, 9.17) is 5.11 Å². The Labute approximate surface area is 128 Å². The molecule has 3 N–H and O–H groups in total. The molecular formula is C13H14BrFN2O4. The summed E-state index contributed by atoms with van der Waals surface area (Å²) in [7, 11) is 0. The van der Waals surface area contributed by atoms with Crippen LogP contribution in [0, 0.1) is 11.2 Å². The summed E-state index contributed by atoms with van der Waals surface area (Å²) >= 11 is 2.96. The fourth-order valence-electron chi connectivity index (χ4n) is 1.38. The number of carboxylic acid groups (broad SMARTS) is 1. The lowest BCUT2D eigenvalue weighted by Gasteiger charge is -2.17. The van der Waals surface area contributed by atoms with Crippen LogP contribution in [-0.2, 0) is 9.59 Å². The van der Waals surface area contributed by atoms with Crippen LogP contribution in [0.4, 0.5) is 14.9 Å². The fourth-order valence-corrected chi connectivity index (χ4v) is 1.76. The molecule has 8 heteroatoms. The highest BCUT2D eigenvalue weighted by Crippen LogP contribution is 2.21. The summed E-state index contributed by atoms with van der Waals surface area (Å²) in [6, 6.07) is 2.99. The molecule has 0 unspecified atom stereocenters. The zero-order chi connectivity index (χ0) is 16.2. The molecule has 0 aliphatic heterocycles. The van der Waals surface area contributed by atoms with E-state index in [1.807, 2.05) is 5.32 Å². The van der Waals surface area contributed by atoms with E-state index in [1.54, 1.807) is 0 Å². The molecular weight excluding hydrogens is 347 g/mol. The number of nitrogens with one attached hydrogen (secondary N) is 2. The number of urea groups is 1. The van der Waals surface area contributed by atoms with Crippen LogP contribution < -0.4 is 10.6 Å². The van der Waals surface area contributed by atoms with Gasteiger partial charge in [-0.2, -0.15) is 0 Å². The highest BCUT2D eigenvalue weighted by atomic mass is 79.9. The summed E-state index contributed by atoms with van der Waals surface area (Å²) < 4.78 is 13.2. The predicted molar refractivity (Wildman–Crippen MR) is 77.3 cm³/mol. The van der Waals surface area contributed by atoms with Gasteiger partial charge >= 0.3 is 12.0 Å². The van der Waals surface area contributed by atoms with Gasteiger partial charge in [0.1, 0.15) is 5.82 Å². The number of anilines is 1. The van der Waals surface area contributed by atoms with Crippen molar-refractivity contribution in [3.05, 3.63) is 28.5 Å². The number of carbonyl (C=O) groups is 3. The van der Waals surface area contributed by atoms with Crippen molar-refractivity contribution in [1.29, 1.82) is 0 Å². The Bertz CT molecular complexity index is 590. The fraction of sp³-hybridized carbons (Fsp3) is 0.308. The molecule has 0 fully saturated rings. The Morgan fingerprint density at radius 1 is 1.33 bits per heavy atom. The third kappa shape index (κ3) is 5.14. The van der Waals surface area contributed by atoms with Gasteiger partial charge < -0.3 is 10.4 Å². The molecule has 0 aliphatic rings. The molecule has 0 heterocycles. The quantitative estimate of drug-likeness (QED) is 0.769. The SMILES string of the molecule is CC(C)(CC(=O)NC(=O)Nc1ccc(F)c(Br)c1)C(=O)O. The van der Waals surface area contributed by atoms with Crippen molar-refractivity contribution in [3.8, 4) is 0 Å². The average Bonchev–Trinajstić information content (AvgIpc) is 2.32. The number of hydrogen-bond donors (Lipinski definition) is 3. The Morgan fingerprint density at radius 2 is 1.95 bits per heavy atom. The second-order valence-corrected chi connectivity index (χ2v) is 5.85. The topological polar surface area (TPSA) is 95.5 Å². The van der Waals surface area contributed by atoms with E-state index in [0.29, 0.717) is 0 Å². The number of benzene rings is 1. The van der Waals surface area contributed by atoms with Crippen molar-refractivity contribution in [2.75, 3.05) is 5.32 Å². The van der Waals surface area contributed by atoms with Crippen LogP contribution in [-0.4, -0.2) is 23.0 Å². The Kier molecular flexibility index (Phi) is 5.42. The summed E-state index contributed by atoms with van der Waals surface area (Å²) in [6.45, 7) is 2.76. The molecule has 1 rings (SSSR count). The largest absolute Gasteiger partial charge is 0.481 e. The number of halogens is 2. The van der Waals surface area contributed by atoms with Gasteiger partial charge in [0.05, 0.1) is 9.89 Å². The van der Waals surface area contributed by atoms with Gasteiger partial charge in [-0.25, -0.2) is 9.18 Å². The lowest BCUT2D eigenvalue weighted by Crippen LogP contribution is -2.38. The molecule has 0 aromatic heterocycles. The zero-order valence-electron chi connectivity index (χ0n) is 11.4. The molecule has 0 spiro atoms. The predicted octanol–water partition coefficient (Wildman–Crippen LogP) is 2.74. The first-order valence-electron chi connectivity index (χ1n) is 5.91. The number of hydrogen-bond acceptors (Lipinski definition) is 3. The Balaban J connectivity index is 2.59. The van der Waals surface area contributed by atoms with Crippen molar-refractivity contribution in [1.82, 2.24) is 5.32 Å². The van der Waals surface area contributed by atoms with Gasteiger partial charge in [-0.15, -0.1) is 0 Å². The maximum atomic E-state index is 13.0. The van der Waals surface area contributed by atoms with E-state index in [-0.39, 0.29) is 16.6 Å². The van der Waals surface area contributed by atoms with Crippen LogP contribution in [0.5, 0.6) is 0 Å². The van der Waals surface area contributed by atoms with Crippen molar-refractivity contribution in [2.45, 2.75) is 20.3 Å². The van der Waals surface area contributed by atoms with Gasteiger partial charge in [0, 0.05) is 12.1 Å². The van der Waals surface area contributed by atoms with Crippen LogP contribution in [0.2, 0.25) is 0 Å². The molecule has 21 heavy (non-hydrogen) atoms. The first kappa shape index (κ1) is 17.1. The van der Waals surface area contributed by atoms with Crippen molar-refractivity contribution in [3.63, 3.8) is 0 Å². The maximum Gasteiger partial charge on any atom is 0.325 e. The average molecular weight is 361 g/mol. The minimum atomic E-state index is -1.27. The van der Waals surface area contributed by atoms with Gasteiger partial charge in [0.2, 0.25) is 5.91 Å². The highest BCUT2D eigenvalue weighted by molar-refractivity contribution is 9.10. The van der Waals surface area contributed by atoms with Gasteiger partial charge in [0.25, 0.3) is 0 Å². The number of imide groups is 1. The van der Waals surface area contributed by atoms with Gasteiger partial charge in [0.15, 0.2) is 0 Å². The molecule has 0 radical (unpaired) electrons. The van der Waals surface area contributed by atoms with Crippen LogP contribution in [0.1, 0.15) is 20.3 Å². The monoisotopic (exact) mass is 360 g/mol. The van der Waals surface area contributed by atoms with Crippen LogP contribution in [0.15, 0.2) is 22.7 Å². The molecule has 1 aromatic rings. The second-order valence-electron chi connectivity index (χ2n) is 5.00. The third-order valence-corrected chi connectivity index (χ3v) is 3.22. The third-order valence-electron chi connectivity index (χ3n) is 2.61. The van der Waals surface area contributed by atoms with E-state index in [1.165, 1.54) is 26.0 Å². The molecule has 1 aromatic carbocycles. The molecule has 0 bridgehead atoms. The number of carbonyl (C=O) groups excluding carboxylic acids is 2. The Hall–Kier alpha value is -1.96. The highest BCUT2D eigenvalue weighted by Gasteiger charge is 2.30. The molecule has 0 saturated carbocycles. The normalized spacial score (nSPS) is 10.9. The van der Waals surface area contributed by atoms with E-state index < -0.39 is 29.1 Å². The van der Waals surface area contributed by atoms with Gasteiger partial charge in [-0.3, -0.25) is 14.9 Å². The minimum absolute atomic E-state index is 0.165. The van der Waals surface area contributed by atoms with Crippen molar-refractivity contribution >= 4 is 39.5 Å². The summed E-state index contributed by atoms with van der Waals surface area (Å²) in [5.41, 5.74) is -0.991.